The fourth-order valence-electron chi connectivity index (χ4n) is 2.99. The number of benzene rings is 1. The summed E-state index contributed by atoms with van der Waals surface area (Å²) in [5.74, 6) is 1.37. The van der Waals surface area contributed by atoms with Crippen molar-refractivity contribution in [1.82, 2.24) is 5.32 Å². The summed E-state index contributed by atoms with van der Waals surface area (Å²) in [4.78, 5) is 0. The van der Waals surface area contributed by atoms with Crippen LogP contribution in [0, 0.1) is 5.92 Å². The van der Waals surface area contributed by atoms with Crippen LogP contribution in [0.4, 0.5) is 0 Å². The van der Waals surface area contributed by atoms with Crippen LogP contribution in [0.3, 0.4) is 0 Å². The van der Waals surface area contributed by atoms with Gasteiger partial charge in [-0.15, -0.1) is 0 Å². The van der Waals surface area contributed by atoms with Crippen LogP contribution in [0.25, 0.3) is 0 Å². The van der Waals surface area contributed by atoms with Crippen molar-refractivity contribution >= 4 is 0 Å². The summed E-state index contributed by atoms with van der Waals surface area (Å²) in [6.07, 6.45) is 5.51. The summed E-state index contributed by atoms with van der Waals surface area (Å²) in [7, 11) is 0. The molecule has 0 aromatic heterocycles. The monoisotopic (exact) mass is 289 g/mol. The predicted octanol–water partition coefficient (Wildman–Crippen LogP) is 4.49. The van der Waals surface area contributed by atoms with Crippen molar-refractivity contribution in [2.75, 3.05) is 13.2 Å². The Bertz CT molecular complexity index is 393. The summed E-state index contributed by atoms with van der Waals surface area (Å²) in [5.41, 5.74) is 2.70. The molecule has 0 saturated heterocycles. The van der Waals surface area contributed by atoms with Gasteiger partial charge >= 0.3 is 0 Å². The molecular formula is C19H31NO. The van der Waals surface area contributed by atoms with Crippen LogP contribution in [-0.2, 0) is 11.3 Å². The first-order valence-electron chi connectivity index (χ1n) is 8.55. The first-order chi connectivity index (χ1) is 10.1. The van der Waals surface area contributed by atoms with Gasteiger partial charge < -0.3 is 10.1 Å². The smallest absolute Gasteiger partial charge is 0.0717 e. The van der Waals surface area contributed by atoms with Crippen LogP contribution in [-0.4, -0.2) is 19.2 Å². The second-order valence-electron chi connectivity index (χ2n) is 6.87. The highest BCUT2D eigenvalue weighted by Crippen LogP contribution is 2.25. The number of hydrogen-bond acceptors (Lipinski definition) is 2. The minimum Gasteiger partial charge on any atom is -0.376 e. The van der Waals surface area contributed by atoms with Gasteiger partial charge in [0, 0.05) is 19.2 Å². The third kappa shape index (κ3) is 5.80. The van der Waals surface area contributed by atoms with Gasteiger partial charge in [0.1, 0.15) is 0 Å². The SMILES string of the molecule is CC(C)NCC(C)c1ccc(COCC2CCCC2)cc1. The molecule has 0 bridgehead atoms. The van der Waals surface area contributed by atoms with Crippen LogP contribution in [0.2, 0.25) is 0 Å². The Kier molecular flexibility index (Phi) is 6.72. The van der Waals surface area contributed by atoms with Crippen LogP contribution in [0.15, 0.2) is 24.3 Å². The van der Waals surface area contributed by atoms with Crippen molar-refractivity contribution in [2.24, 2.45) is 5.92 Å². The largest absolute Gasteiger partial charge is 0.376 e. The van der Waals surface area contributed by atoms with Gasteiger partial charge in [-0.1, -0.05) is 57.9 Å². The van der Waals surface area contributed by atoms with Gasteiger partial charge in [0.15, 0.2) is 0 Å². The first kappa shape index (κ1) is 16.5. The fourth-order valence-corrected chi connectivity index (χ4v) is 2.99. The first-order valence-corrected chi connectivity index (χ1v) is 8.55. The van der Waals surface area contributed by atoms with E-state index in [0.717, 1.165) is 25.7 Å². The van der Waals surface area contributed by atoms with Gasteiger partial charge in [0.25, 0.3) is 0 Å². The van der Waals surface area contributed by atoms with E-state index in [4.69, 9.17) is 4.74 Å². The van der Waals surface area contributed by atoms with E-state index in [1.165, 1.54) is 36.8 Å². The zero-order valence-corrected chi connectivity index (χ0v) is 13.9. The third-order valence-corrected chi connectivity index (χ3v) is 4.48. The highest BCUT2D eigenvalue weighted by atomic mass is 16.5. The second kappa shape index (κ2) is 8.55. The summed E-state index contributed by atoms with van der Waals surface area (Å²) >= 11 is 0. The molecule has 1 saturated carbocycles. The molecule has 0 amide bonds. The molecule has 2 nitrogen and oxygen atoms in total. The predicted molar refractivity (Wildman–Crippen MR) is 89.6 cm³/mol. The highest BCUT2D eigenvalue weighted by Gasteiger charge is 2.14. The molecule has 21 heavy (non-hydrogen) atoms. The lowest BCUT2D eigenvalue weighted by atomic mass is 9.99. The van der Waals surface area contributed by atoms with E-state index < -0.39 is 0 Å². The lowest BCUT2D eigenvalue weighted by Gasteiger charge is -2.16. The molecule has 1 fully saturated rings. The molecule has 0 radical (unpaired) electrons. The average molecular weight is 289 g/mol. The summed E-state index contributed by atoms with van der Waals surface area (Å²) in [6.45, 7) is 9.40. The van der Waals surface area contributed by atoms with Crippen LogP contribution < -0.4 is 5.32 Å². The van der Waals surface area contributed by atoms with E-state index >= 15 is 0 Å². The minimum atomic E-state index is 0.552. The molecule has 1 aromatic carbocycles. The van der Waals surface area contributed by atoms with E-state index in [2.05, 4.69) is 50.4 Å². The lowest BCUT2D eigenvalue weighted by molar-refractivity contribution is 0.0889. The highest BCUT2D eigenvalue weighted by molar-refractivity contribution is 5.24. The van der Waals surface area contributed by atoms with E-state index in [1.807, 2.05) is 0 Å². The molecule has 118 valence electrons. The number of nitrogens with one attached hydrogen (secondary N) is 1. The summed E-state index contributed by atoms with van der Waals surface area (Å²) in [5, 5.41) is 3.50. The summed E-state index contributed by atoms with van der Waals surface area (Å²) < 4.78 is 5.87. The van der Waals surface area contributed by atoms with Crippen molar-refractivity contribution in [3.05, 3.63) is 35.4 Å². The van der Waals surface area contributed by atoms with E-state index in [9.17, 15) is 0 Å². The van der Waals surface area contributed by atoms with Gasteiger partial charge in [0.05, 0.1) is 6.61 Å². The zero-order valence-electron chi connectivity index (χ0n) is 13.9. The second-order valence-corrected chi connectivity index (χ2v) is 6.87. The molecule has 1 aromatic rings. The van der Waals surface area contributed by atoms with Gasteiger partial charge in [-0.25, -0.2) is 0 Å². The Morgan fingerprint density at radius 3 is 2.38 bits per heavy atom. The van der Waals surface area contributed by atoms with Crippen molar-refractivity contribution in [3.8, 4) is 0 Å². The molecule has 2 heteroatoms. The quantitative estimate of drug-likeness (QED) is 0.761. The minimum absolute atomic E-state index is 0.552. The van der Waals surface area contributed by atoms with Crippen molar-refractivity contribution in [3.63, 3.8) is 0 Å². The third-order valence-electron chi connectivity index (χ3n) is 4.48. The van der Waals surface area contributed by atoms with E-state index in [0.29, 0.717) is 12.0 Å². The number of ether oxygens (including phenoxy) is 1. The molecule has 1 atom stereocenters. The number of rotatable bonds is 8. The Hall–Kier alpha value is -0.860. The van der Waals surface area contributed by atoms with Crippen molar-refractivity contribution < 1.29 is 4.74 Å². The molecule has 2 rings (SSSR count). The van der Waals surface area contributed by atoms with E-state index in [-0.39, 0.29) is 0 Å². The average Bonchev–Trinajstić information content (AvgIpc) is 2.99. The summed E-state index contributed by atoms with van der Waals surface area (Å²) in [6, 6.07) is 9.49. The molecular weight excluding hydrogens is 258 g/mol. The molecule has 1 aliphatic rings. The molecule has 0 heterocycles. The zero-order chi connectivity index (χ0) is 15.1. The Labute approximate surface area is 130 Å². The maximum Gasteiger partial charge on any atom is 0.0717 e. The Balaban J connectivity index is 1.73. The van der Waals surface area contributed by atoms with Gasteiger partial charge in [0.2, 0.25) is 0 Å². The van der Waals surface area contributed by atoms with E-state index in [1.54, 1.807) is 0 Å². The molecule has 0 aliphatic heterocycles. The molecule has 1 N–H and O–H groups in total. The molecule has 0 spiro atoms. The van der Waals surface area contributed by atoms with Crippen LogP contribution >= 0.6 is 0 Å². The lowest BCUT2D eigenvalue weighted by Crippen LogP contribution is -2.26. The van der Waals surface area contributed by atoms with Gasteiger partial charge in [-0.05, 0) is 35.8 Å². The Morgan fingerprint density at radius 2 is 1.76 bits per heavy atom. The number of hydrogen-bond donors (Lipinski definition) is 1. The van der Waals surface area contributed by atoms with Gasteiger partial charge in [-0.3, -0.25) is 0 Å². The molecule has 1 aliphatic carbocycles. The van der Waals surface area contributed by atoms with Crippen molar-refractivity contribution in [2.45, 2.75) is 65.0 Å². The maximum absolute atomic E-state index is 5.87. The molecule has 1 unspecified atom stereocenters. The normalized spacial score (nSPS) is 17.5. The standard InChI is InChI=1S/C19H31NO/c1-15(2)20-12-16(3)19-10-8-18(9-11-19)14-21-13-17-6-4-5-7-17/h8-11,15-17,20H,4-7,12-14H2,1-3H3. The maximum atomic E-state index is 5.87. The van der Waals surface area contributed by atoms with Crippen LogP contribution in [0.1, 0.15) is 63.5 Å². The van der Waals surface area contributed by atoms with Crippen LogP contribution in [0.5, 0.6) is 0 Å². The topological polar surface area (TPSA) is 21.3 Å². The van der Waals surface area contributed by atoms with Crippen molar-refractivity contribution in [1.29, 1.82) is 0 Å². The van der Waals surface area contributed by atoms with Gasteiger partial charge in [-0.2, -0.15) is 0 Å². The Morgan fingerprint density at radius 1 is 1.10 bits per heavy atom. The fraction of sp³-hybridized carbons (Fsp3) is 0.684.